The van der Waals surface area contributed by atoms with Crippen LogP contribution in [0.15, 0.2) is 133 Å². The van der Waals surface area contributed by atoms with Crippen molar-refractivity contribution in [2.45, 2.75) is 52.4 Å². The van der Waals surface area contributed by atoms with Crippen LogP contribution in [-0.2, 0) is 10.8 Å². The van der Waals surface area contributed by atoms with Crippen molar-refractivity contribution in [2.75, 3.05) is 0 Å². The first-order chi connectivity index (χ1) is 24.3. The fourth-order valence-corrected chi connectivity index (χ4v) is 5.13. The van der Waals surface area contributed by atoms with Crippen LogP contribution >= 0.6 is 0 Å². The van der Waals surface area contributed by atoms with Crippen LogP contribution in [0.2, 0.25) is 0 Å². The Morgan fingerprint density at radius 3 is 1.04 bits per heavy atom. The maximum absolute atomic E-state index is 13.4. The number of hydrogen-bond donors (Lipinski definition) is 0. The van der Waals surface area contributed by atoms with Crippen LogP contribution in [0, 0.1) is 11.6 Å². The van der Waals surface area contributed by atoms with Gasteiger partial charge < -0.3 is 23.7 Å². The summed E-state index contributed by atoms with van der Waals surface area (Å²) >= 11 is 0. The predicted octanol–water partition coefficient (Wildman–Crippen LogP) is 13.5. The first-order valence-electron chi connectivity index (χ1n) is 16.7. The van der Waals surface area contributed by atoms with E-state index in [0.717, 1.165) is 11.1 Å². The highest BCUT2D eigenvalue weighted by Crippen LogP contribution is 2.44. The number of hydrogen-bond acceptors (Lipinski definition) is 5. The van der Waals surface area contributed by atoms with Gasteiger partial charge in [-0.3, -0.25) is 0 Å². The summed E-state index contributed by atoms with van der Waals surface area (Å²) in [4.78, 5) is 0. The molecule has 5 nitrogen and oxygen atoms in total. The molecule has 0 N–H and O–H groups in total. The minimum atomic E-state index is -0.336. The highest BCUT2D eigenvalue weighted by molar-refractivity contribution is 5.54. The van der Waals surface area contributed by atoms with Crippen LogP contribution in [0.4, 0.5) is 8.78 Å². The lowest BCUT2D eigenvalue weighted by atomic mass is 9.87. The van der Waals surface area contributed by atoms with Crippen molar-refractivity contribution < 1.29 is 32.5 Å². The Kier molecular flexibility index (Phi) is 10.0. The van der Waals surface area contributed by atoms with Gasteiger partial charge in [-0.1, -0.05) is 65.8 Å². The average Bonchev–Trinajstić information content (AvgIpc) is 3.08. The van der Waals surface area contributed by atoms with E-state index >= 15 is 0 Å². The standard InChI is InChI=1S/C44H40F2O5/c1-43(2,3)29-13-23-39(41(25-29)49-37-11-7-9-35(27-37)47-33-19-15-31(45)16-20-33)51-40-24-14-30(44(4,5)6)26-42(40)50-38-12-8-10-36(28-38)48-34-21-17-32(46)18-22-34/h7-28H,1-6H3. The molecule has 260 valence electrons. The molecule has 6 rings (SSSR count). The van der Waals surface area contributed by atoms with Gasteiger partial charge in [0.05, 0.1) is 0 Å². The van der Waals surface area contributed by atoms with E-state index in [9.17, 15) is 8.78 Å². The molecule has 0 saturated heterocycles. The molecule has 6 aromatic rings. The Hall–Kier alpha value is -5.82. The summed E-state index contributed by atoms with van der Waals surface area (Å²) in [7, 11) is 0. The lowest BCUT2D eigenvalue weighted by Gasteiger charge is -2.23. The molecule has 0 aliphatic heterocycles. The summed E-state index contributed by atoms with van der Waals surface area (Å²) < 4.78 is 58.4. The summed E-state index contributed by atoms with van der Waals surface area (Å²) in [5.41, 5.74) is 1.80. The Morgan fingerprint density at radius 1 is 0.333 bits per heavy atom. The molecule has 0 bridgehead atoms. The van der Waals surface area contributed by atoms with Gasteiger partial charge in [-0.15, -0.1) is 0 Å². The molecule has 6 aromatic carbocycles. The number of benzene rings is 6. The zero-order valence-corrected chi connectivity index (χ0v) is 29.5. The molecule has 0 aliphatic carbocycles. The smallest absolute Gasteiger partial charge is 0.170 e. The second kappa shape index (κ2) is 14.6. The van der Waals surface area contributed by atoms with E-state index in [1.165, 1.54) is 24.3 Å². The normalized spacial score (nSPS) is 11.5. The maximum atomic E-state index is 13.4. The molecule has 0 saturated carbocycles. The number of ether oxygens (including phenoxy) is 5. The van der Waals surface area contributed by atoms with Crippen LogP contribution in [0.1, 0.15) is 52.7 Å². The van der Waals surface area contributed by atoms with Gasteiger partial charge >= 0.3 is 0 Å². The van der Waals surface area contributed by atoms with E-state index in [0.29, 0.717) is 57.5 Å². The first-order valence-corrected chi connectivity index (χ1v) is 16.7. The molecule has 7 heteroatoms. The summed E-state index contributed by atoms with van der Waals surface area (Å²) in [6.07, 6.45) is 0. The highest BCUT2D eigenvalue weighted by Gasteiger charge is 2.21. The van der Waals surface area contributed by atoms with E-state index in [4.69, 9.17) is 23.7 Å². The topological polar surface area (TPSA) is 46.2 Å². The van der Waals surface area contributed by atoms with E-state index in [-0.39, 0.29) is 22.5 Å². The first kappa shape index (κ1) is 35.0. The second-order valence-electron chi connectivity index (χ2n) is 14.2. The lowest BCUT2D eigenvalue weighted by Crippen LogP contribution is -2.11. The van der Waals surface area contributed by atoms with E-state index in [1.54, 1.807) is 48.5 Å². The van der Waals surface area contributed by atoms with Crippen molar-refractivity contribution in [1.82, 2.24) is 0 Å². The van der Waals surface area contributed by atoms with Gasteiger partial charge in [0.1, 0.15) is 46.1 Å². The van der Waals surface area contributed by atoms with Crippen molar-refractivity contribution >= 4 is 0 Å². The average molecular weight is 687 g/mol. The van der Waals surface area contributed by atoms with Gasteiger partial charge in [0.25, 0.3) is 0 Å². The van der Waals surface area contributed by atoms with Crippen LogP contribution in [0.25, 0.3) is 0 Å². The molecule has 51 heavy (non-hydrogen) atoms. The second-order valence-corrected chi connectivity index (χ2v) is 14.2. The predicted molar refractivity (Wildman–Crippen MR) is 196 cm³/mol. The minimum absolute atomic E-state index is 0.159. The van der Waals surface area contributed by atoms with Crippen molar-refractivity contribution in [2.24, 2.45) is 0 Å². The van der Waals surface area contributed by atoms with Crippen molar-refractivity contribution in [1.29, 1.82) is 0 Å². The maximum Gasteiger partial charge on any atom is 0.170 e. The number of halogens is 2. The fraction of sp³-hybridized carbons (Fsp3) is 0.182. The third-order valence-electron chi connectivity index (χ3n) is 8.00. The lowest BCUT2D eigenvalue weighted by molar-refractivity contribution is 0.389. The van der Waals surface area contributed by atoms with Gasteiger partial charge in [-0.2, -0.15) is 0 Å². The summed E-state index contributed by atoms with van der Waals surface area (Å²) in [5, 5.41) is 0. The van der Waals surface area contributed by atoms with Gasteiger partial charge in [0.2, 0.25) is 0 Å². The molecule has 0 aromatic heterocycles. The number of rotatable bonds is 10. The van der Waals surface area contributed by atoms with Gasteiger partial charge in [0.15, 0.2) is 23.0 Å². The molecule has 0 radical (unpaired) electrons. The van der Waals surface area contributed by atoms with Crippen molar-refractivity contribution in [3.8, 4) is 57.5 Å². The largest absolute Gasteiger partial charge is 0.457 e. The molecular weight excluding hydrogens is 646 g/mol. The van der Waals surface area contributed by atoms with Gasteiger partial charge in [-0.25, -0.2) is 8.78 Å². The molecule has 0 amide bonds. The third-order valence-corrected chi connectivity index (χ3v) is 8.00. The van der Waals surface area contributed by atoms with Crippen LogP contribution in [0.5, 0.6) is 57.5 Å². The molecule has 0 spiro atoms. The van der Waals surface area contributed by atoms with Gasteiger partial charge in [0, 0.05) is 12.1 Å². The van der Waals surface area contributed by atoms with E-state index in [1.807, 2.05) is 60.7 Å². The molecule has 0 fully saturated rings. The monoisotopic (exact) mass is 686 g/mol. The SMILES string of the molecule is CC(C)(C)c1ccc(Oc2ccc(C(C)(C)C)cc2Oc2cccc(Oc3ccc(F)cc3)c2)c(Oc2cccc(Oc3ccc(F)cc3)c2)c1. The minimum Gasteiger partial charge on any atom is -0.457 e. The summed E-state index contributed by atoms with van der Waals surface area (Å²) in [5.74, 6) is 4.44. The summed E-state index contributed by atoms with van der Waals surface area (Å²) in [6, 6.07) is 37.9. The van der Waals surface area contributed by atoms with E-state index < -0.39 is 0 Å². The molecule has 0 heterocycles. The Bertz CT molecular complexity index is 1960. The zero-order chi connectivity index (χ0) is 36.2. The molecule has 0 unspecified atom stereocenters. The van der Waals surface area contributed by atoms with Crippen LogP contribution in [0.3, 0.4) is 0 Å². The Labute approximate surface area is 298 Å². The van der Waals surface area contributed by atoms with Crippen molar-refractivity contribution in [3.63, 3.8) is 0 Å². The highest BCUT2D eigenvalue weighted by atomic mass is 19.1. The summed E-state index contributed by atoms with van der Waals surface area (Å²) in [6.45, 7) is 12.8. The van der Waals surface area contributed by atoms with Gasteiger partial charge in [-0.05, 0) is 119 Å². The third kappa shape index (κ3) is 9.25. The molecular formula is C44H40F2O5. The molecule has 0 atom stereocenters. The quantitative estimate of drug-likeness (QED) is 0.144. The zero-order valence-electron chi connectivity index (χ0n) is 29.5. The van der Waals surface area contributed by atoms with E-state index in [2.05, 4.69) is 41.5 Å². The Balaban J connectivity index is 1.32. The van der Waals surface area contributed by atoms with Crippen LogP contribution < -0.4 is 23.7 Å². The fourth-order valence-electron chi connectivity index (χ4n) is 5.13. The van der Waals surface area contributed by atoms with Crippen molar-refractivity contribution in [3.05, 3.63) is 156 Å². The molecule has 0 aliphatic rings. The van der Waals surface area contributed by atoms with Crippen LogP contribution in [-0.4, -0.2) is 0 Å². The Morgan fingerprint density at radius 2 is 0.686 bits per heavy atom.